The van der Waals surface area contributed by atoms with Crippen molar-refractivity contribution in [3.63, 3.8) is 0 Å². The Morgan fingerprint density at radius 1 is 1.91 bits per heavy atom. The van der Waals surface area contributed by atoms with Gasteiger partial charge in [0.1, 0.15) is 0 Å². The lowest BCUT2D eigenvalue weighted by Crippen LogP contribution is -2.20. The van der Waals surface area contributed by atoms with Gasteiger partial charge in [-0.15, -0.1) is 0 Å². The van der Waals surface area contributed by atoms with Gasteiger partial charge in [0.2, 0.25) is 5.91 Å². The molecule has 60 valence electrons. The Labute approximate surface area is 74.4 Å². The van der Waals surface area contributed by atoms with E-state index in [1.807, 2.05) is 6.92 Å². The number of rotatable bonds is 1. The number of carbonyl (C=O) groups excluding carboxylic acids is 1. The molecule has 0 aromatic rings. The second kappa shape index (κ2) is 3.23. The molecule has 1 atom stereocenters. The van der Waals surface area contributed by atoms with E-state index in [0.717, 1.165) is 5.03 Å². The fourth-order valence-corrected chi connectivity index (χ4v) is 1.79. The molecule has 1 amide bonds. The van der Waals surface area contributed by atoms with Crippen molar-refractivity contribution in [1.82, 2.24) is 5.32 Å². The van der Waals surface area contributed by atoms with Gasteiger partial charge < -0.3 is 11.1 Å². The molecule has 0 aromatic carbocycles. The molecule has 3 N–H and O–H groups in total. The van der Waals surface area contributed by atoms with Crippen LogP contribution in [0, 0.1) is 0 Å². The average molecular weight is 188 g/mol. The van der Waals surface area contributed by atoms with Gasteiger partial charge in [-0.2, -0.15) is 0 Å². The van der Waals surface area contributed by atoms with Crippen molar-refractivity contribution in [1.29, 1.82) is 0 Å². The van der Waals surface area contributed by atoms with E-state index in [4.69, 9.17) is 5.73 Å². The van der Waals surface area contributed by atoms with Crippen LogP contribution in [0.1, 0.15) is 6.92 Å². The number of thioether (sulfide) groups is 1. The summed E-state index contributed by atoms with van der Waals surface area (Å²) in [7, 11) is 0. The molecule has 1 rings (SSSR count). The molecule has 0 bridgehead atoms. The first kappa shape index (κ1) is 8.55. The molecule has 0 aliphatic carbocycles. The maximum atomic E-state index is 10.9. The van der Waals surface area contributed by atoms with Crippen LogP contribution < -0.4 is 11.1 Å². The van der Waals surface area contributed by atoms with E-state index in [9.17, 15) is 4.79 Å². The Morgan fingerprint density at radius 3 is 2.91 bits per heavy atom. The second-order valence-electron chi connectivity index (χ2n) is 2.16. The molecule has 0 aromatic heterocycles. The van der Waals surface area contributed by atoms with E-state index < -0.39 is 0 Å². The number of carbonyl (C=O) groups is 1. The van der Waals surface area contributed by atoms with Gasteiger partial charge in [-0.05, 0) is 6.92 Å². The summed E-state index contributed by atoms with van der Waals surface area (Å²) in [5, 5.41) is 3.37. The fraction of sp³-hybridized carbons (Fsp3) is 0.333. The highest BCUT2D eigenvalue weighted by atomic mass is 32.2. The number of nitrogens with two attached hydrogens (primary N) is 1. The second-order valence-corrected chi connectivity index (χ2v) is 4.01. The van der Waals surface area contributed by atoms with E-state index in [1.165, 1.54) is 11.8 Å². The lowest BCUT2D eigenvalue weighted by molar-refractivity contribution is -0.118. The quantitative estimate of drug-likeness (QED) is 0.461. The van der Waals surface area contributed by atoms with Crippen molar-refractivity contribution in [2.75, 3.05) is 0 Å². The van der Waals surface area contributed by atoms with E-state index in [2.05, 4.69) is 17.5 Å². The van der Waals surface area contributed by atoms with Gasteiger partial charge in [0.05, 0.1) is 15.3 Å². The molecule has 1 fully saturated rings. The summed E-state index contributed by atoms with van der Waals surface area (Å²) in [4.78, 5) is 11.2. The lowest BCUT2D eigenvalue weighted by Gasteiger charge is -1.92. The van der Waals surface area contributed by atoms with Gasteiger partial charge in [0, 0.05) is 6.08 Å². The summed E-state index contributed by atoms with van der Waals surface area (Å²) >= 11 is 6.08. The zero-order valence-electron chi connectivity index (χ0n) is 5.96. The van der Waals surface area contributed by atoms with Crippen molar-refractivity contribution in [3.8, 4) is 0 Å². The maximum absolute atomic E-state index is 10.9. The van der Waals surface area contributed by atoms with E-state index in [0.29, 0.717) is 4.99 Å². The third kappa shape index (κ3) is 2.20. The summed E-state index contributed by atoms with van der Waals surface area (Å²) in [5.74, 6) is 0.0116. The highest BCUT2D eigenvalue weighted by molar-refractivity contribution is 8.04. The number of nitrogens with one attached hydrogen (secondary N) is 1. The van der Waals surface area contributed by atoms with Crippen molar-refractivity contribution < 1.29 is 4.79 Å². The lowest BCUT2D eigenvalue weighted by atomic mass is 10.4. The van der Waals surface area contributed by atoms with Crippen LogP contribution in [0.2, 0.25) is 0 Å². The molecule has 11 heavy (non-hydrogen) atoms. The molecule has 5 heteroatoms. The maximum Gasteiger partial charge on any atom is 0.238 e. The summed E-state index contributed by atoms with van der Waals surface area (Å²) in [6.07, 6.45) is 1.58. The van der Waals surface area contributed by atoms with Crippen molar-refractivity contribution in [3.05, 3.63) is 11.1 Å². The standard InChI is InChI=1S/C6H8N2OS2/c1-3-6(9)8-5(11-3)2-4(7)10/h2-3H,1H3,(H2,7,10)(H,8,9)/b5-2-. The highest BCUT2D eigenvalue weighted by Gasteiger charge is 2.23. The van der Waals surface area contributed by atoms with Crippen LogP contribution in [0.25, 0.3) is 0 Å². The average Bonchev–Trinajstić information content (AvgIpc) is 2.10. The van der Waals surface area contributed by atoms with Crippen LogP contribution >= 0.6 is 24.0 Å². The highest BCUT2D eigenvalue weighted by Crippen LogP contribution is 2.25. The molecule has 1 heterocycles. The molecule has 3 nitrogen and oxygen atoms in total. The zero-order valence-corrected chi connectivity index (χ0v) is 7.59. The summed E-state index contributed by atoms with van der Waals surface area (Å²) in [6.45, 7) is 1.83. The van der Waals surface area contributed by atoms with Gasteiger partial charge in [-0.25, -0.2) is 0 Å². The van der Waals surface area contributed by atoms with Crippen LogP contribution in [-0.4, -0.2) is 16.1 Å². The number of hydrogen-bond acceptors (Lipinski definition) is 3. The number of thiocarbonyl (C=S) groups is 1. The smallest absolute Gasteiger partial charge is 0.238 e. The van der Waals surface area contributed by atoms with Gasteiger partial charge in [0.15, 0.2) is 0 Å². The number of hydrogen-bond donors (Lipinski definition) is 2. The van der Waals surface area contributed by atoms with Crippen molar-refractivity contribution in [2.24, 2.45) is 5.73 Å². The minimum Gasteiger partial charge on any atom is -0.390 e. The Hall–Kier alpha value is -0.550. The first-order valence-corrected chi connectivity index (χ1v) is 4.37. The Balaban J connectivity index is 2.67. The Morgan fingerprint density at radius 2 is 2.55 bits per heavy atom. The summed E-state index contributed by atoms with van der Waals surface area (Å²) in [6, 6.07) is 0. The SMILES string of the molecule is CC1S/C(=C\C(N)=S)NC1=O. The summed E-state index contributed by atoms with van der Waals surface area (Å²) < 4.78 is 0. The minimum absolute atomic E-state index is 0.0116. The van der Waals surface area contributed by atoms with Gasteiger partial charge in [0.25, 0.3) is 0 Å². The Kier molecular flexibility index (Phi) is 2.51. The van der Waals surface area contributed by atoms with Crippen LogP contribution in [0.4, 0.5) is 0 Å². The molecule has 0 spiro atoms. The first-order chi connectivity index (χ1) is 5.09. The topological polar surface area (TPSA) is 55.1 Å². The molecule has 1 aliphatic heterocycles. The minimum atomic E-state index is -0.0319. The summed E-state index contributed by atoms with van der Waals surface area (Å²) in [5.41, 5.74) is 5.25. The van der Waals surface area contributed by atoms with Crippen LogP contribution in [0.15, 0.2) is 11.1 Å². The van der Waals surface area contributed by atoms with Gasteiger partial charge in [-0.1, -0.05) is 24.0 Å². The molecule has 1 unspecified atom stereocenters. The molecule has 1 saturated heterocycles. The molecular weight excluding hydrogens is 180 g/mol. The molecule has 0 radical (unpaired) electrons. The Bertz CT molecular complexity index is 237. The van der Waals surface area contributed by atoms with Gasteiger partial charge in [-0.3, -0.25) is 4.79 Å². The van der Waals surface area contributed by atoms with Crippen molar-refractivity contribution in [2.45, 2.75) is 12.2 Å². The van der Waals surface area contributed by atoms with Crippen LogP contribution in [0.3, 0.4) is 0 Å². The van der Waals surface area contributed by atoms with E-state index >= 15 is 0 Å². The van der Waals surface area contributed by atoms with Gasteiger partial charge >= 0.3 is 0 Å². The first-order valence-electron chi connectivity index (χ1n) is 3.08. The predicted octanol–water partition coefficient (Wildman–Crippen LogP) is 0.365. The van der Waals surface area contributed by atoms with Crippen LogP contribution in [0.5, 0.6) is 0 Å². The van der Waals surface area contributed by atoms with Crippen molar-refractivity contribution >= 4 is 34.9 Å². The van der Waals surface area contributed by atoms with E-state index in [-0.39, 0.29) is 11.2 Å². The largest absolute Gasteiger partial charge is 0.390 e. The van der Waals surface area contributed by atoms with E-state index in [1.54, 1.807) is 6.08 Å². The molecule has 0 saturated carbocycles. The monoisotopic (exact) mass is 188 g/mol. The zero-order chi connectivity index (χ0) is 8.43. The predicted molar refractivity (Wildman–Crippen MR) is 50.1 cm³/mol. The third-order valence-corrected chi connectivity index (χ3v) is 2.35. The normalized spacial score (nSPS) is 27.2. The molecular formula is C6H8N2OS2. The van der Waals surface area contributed by atoms with Crippen LogP contribution in [-0.2, 0) is 4.79 Å². The third-order valence-electron chi connectivity index (χ3n) is 1.19. The number of amides is 1. The molecule has 1 aliphatic rings. The fourth-order valence-electron chi connectivity index (χ4n) is 0.696.